The van der Waals surface area contributed by atoms with Crippen LogP contribution in [0.2, 0.25) is 0 Å². The summed E-state index contributed by atoms with van der Waals surface area (Å²) in [6, 6.07) is 7.57. The minimum absolute atomic E-state index is 0.585. The predicted octanol–water partition coefficient (Wildman–Crippen LogP) is 2.92. The van der Waals surface area contributed by atoms with Crippen LogP contribution < -0.4 is 10.5 Å². The summed E-state index contributed by atoms with van der Waals surface area (Å²) in [5.74, 6) is 0.974. The highest BCUT2D eigenvalue weighted by molar-refractivity contribution is 5.37. The van der Waals surface area contributed by atoms with Crippen LogP contribution in [0, 0.1) is 0 Å². The number of piperidine rings is 1. The lowest BCUT2D eigenvalue weighted by Crippen LogP contribution is -2.43. The van der Waals surface area contributed by atoms with Gasteiger partial charge < -0.3 is 10.5 Å². The lowest BCUT2D eigenvalue weighted by atomic mass is 9.96. The smallest absolute Gasteiger partial charge is 0.123 e. The topological polar surface area (TPSA) is 38.5 Å². The van der Waals surface area contributed by atoms with Crippen LogP contribution in [0.25, 0.3) is 0 Å². The first-order valence-corrected chi connectivity index (χ1v) is 7.27. The predicted molar refractivity (Wildman–Crippen MR) is 79.2 cm³/mol. The molecule has 1 aromatic carbocycles. The number of rotatable bonds is 4. The van der Waals surface area contributed by atoms with E-state index in [1.54, 1.807) is 7.11 Å². The van der Waals surface area contributed by atoms with Gasteiger partial charge in [0, 0.05) is 30.7 Å². The Morgan fingerprint density at radius 3 is 2.53 bits per heavy atom. The molecule has 0 aliphatic carbocycles. The van der Waals surface area contributed by atoms with Gasteiger partial charge in [-0.1, -0.05) is 12.5 Å². The summed E-state index contributed by atoms with van der Waals surface area (Å²) in [4.78, 5) is 2.58. The highest BCUT2D eigenvalue weighted by atomic mass is 16.5. The van der Waals surface area contributed by atoms with Gasteiger partial charge in [0.15, 0.2) is 0 Å². The molecule has 0 amide bonds. The number of ether oxygens (including phenoxy) is 1. The van der Waals surface area contributed by atoms with Gasteiger partial charge in [0.25, 0.3) is 0 Å². The largest absolute Gasteiger partial charge is 0.496 e. The number of hydrogen-bond acceptors (Lipinski definition) is 3. The SMILES string of the molecule is COc1ccc(CN)cc1CN1C(C)CCCC1C. The van der Waals surface area contributed by atoms with E-state index < -0.39 is 0 Å². The lowest BCUT2D eigenvalue weighted by molar-refractivity contribution is 0.0943. The summed E-state index contributed by atoms with van der Waals surface area (Å²) in [6.45, 7) is 6.20. The van der Waals surface area contributed by atoms with E-state index in [1.807, 2.05) is 12.1 Å². The standard InChI is InChI=1S/C16H26N2O/c1-12-5-4-6-13(2)18(12)11-15-9-14(10-17)7-8-16(15)19-3/h7-9,12-13H,4-6,10-11,17H2,1-3H3. The van der Waals surface area contributed by atoms with Crippen molar-refractivity contribution in [3.8, 4) is 5.75 Å². The zero-order chi connectivity index (χ0) is 13.8. The van der Waals surface area contributed by atoms with Gasteiger partial charge in [0.05, 0.1) is 7.11 Å². The van der Waals surface area contributed by atoms with E-state index in [-0.39, 0.29) is 0 Å². The number of nitrogens with zero attached hydrogens (tertiary/aromatic N) is 1. The van der Waals surface area contributed by atoms with Crippen molar-refractivity contribution in [2.75, 3.05) is 7.11 Å². The minimum atomic E-state index is 0.585. The molecule has 2 atom stereocenters. The van der Waals surface area contributed by atoms with Gasteiger partial charge in [-0.15, -0.1) is 0 Å². The van der Waals surface area contributed by atoms with Crippen LogP contribution in [-0.2, 0) is 13.1 Å². The number of likely N-dealkylation sites (tertiary alicyclic amines) is 1. The molecule has 1 heterocycles. The molecule has 0 aromatic heterocycles. The van der Waals surface area contributed by atoms with Crippen molar-refractivity contribution in [3.63, 3.8) is 0 Å². The zero-order valence-corrected chi connectivity index (χ0v) is 12.4. The van der Waals surface area contributed by atoms with Crippen LogP contribution in [0.5, 0.6) is 5.75 Å². The van der Waals surface area contributed by atoms with Crippen molar-refractivity contribution in [1.29, 1.82) is 0 Å². The molecule has 2 rings (SSSR count). The van der Waals surface area contributed by atoms with Gasteiger partial charge in [-0.05, 0) is 44.4 Å². The van der Waals surface area contributed by atoms with Crippen molar-refractivity contribution >= 4 is 0 Å². The second kappa shape index (κ2) is 6.40. The van der Waals surface area contributed by atoms with E-state index in [2.05, 4.69) is 24.8 Å². The van der Waals surface area contributed by atoms with Gasteiger partial charge in [-0.25, -0.2) is 0 Å². The summed E-state index contributed by atoms with van der Waals surface area (Å²) in [6.07, 6.45) is 3.94. The first-order chi connectivity index (χ1) is 9.15. The molecule has 1 fully saturated rings. The Hall–Kier alpha value is -1.06. The monoisotopic (exact) mass is 262 g/mol. The summed E-state index contributed by atoms with van der Waals surface area (Å²) < 4.78 is 5.49. The third-order valence-electron chi connectivity index (χ3n) is 4.31. The maximum Gasteiger partial charge on any atom is 0.123 e. The molecule has 2 N–H and O–H groups in total. The molecule has 0 bridgehead atoms. The Morgan fingerprint density at radius 2 is 1.95 bits per heavy atom. The van der Waals surface area contributed by atoms with Gasteiger partial charge in [0.1, 0.15) is 5.75 Å². The summed E-state index contributed by atoms with van der Waals surface area (Å²) in [5.41, 5.74) is 8.17. The van der Waals surface area contributed by atoms with Crippen LogP contribution in [0.4, 0.5) is 0 Å². The van der Waals surface area contributed by atoms with Gasteiger partial charge in [0.2, 0.25) is 0 Å². The average Bonchev–Trinajstić information content (AvgIpc) is 2.42. The molecule has 3 nitrogen and oxygen atoms in total. The fourth-order valence-electron chi connectivity index (χ4n) is 3.07. The highest BCUT2D eigenvalue weighted by Gasteiger charge is 2.25. The van der Waals surface area contributed by atoms with E-state index in [0.29, 0.717) is 18.6 Å². The van der Waals surface area contributed by atoms with E-state index in [0.717, 1.165) is 12.3 Å². The molecule has 2 unspecified atom stereocenters. The third kappa shape index (κ3) is 3.28. The van der Waals surface area contributed by atoms with Crippen molar-refractivity contribution in [3.05, 3.63) is 29.3 Å². The quantitative estimate of drug-likeness (QED) is 0.906. The van der Waals surface area contributed by atoms with E-state index >= 15 is 0 Å². The van der Waals surface area contributed by atoms with Crippen LogP contribution in [0.1, 0.15) is 44.2 Å². The number of benzene rings is 1. The van der Waals surface area contributed by atoms with E-state index in [4.69, 9.17) is 10.5 Å². The zero-order valence-electron chi connectivity index (χ0n) is 12.4. The second-order valence-electron chi connectivity index (χ2n) is 5.65. The molecular weight excluding hydrogens is 236 g/mol. The Labute approximate surface area is 116 Å². The minimum Gasteiger partial charge on any atom is -0.496 e. The molecule has 0 saturated carbocycles. The first kappa shape index (κ1) is 14.4. The van der Waals surface area contributed by atoms with Crippen molar-refractivity contribution in [2.45, 2.75) is 58.3 Å². The van der Waals surface area contributed by atoms with Crippen LogP contribution in [0.15, 0.2) is 18.2 Å². The fraction of sp³-hybridized carbons (Fsp3) is 0.625. The molecular formula is C16H26N2O. The summed E-state index contributed by atoms with van der Waals surface area (Å²) >= 11 is 0. The molecule has 19 heavy (non-hydrogen) atoms. The molecule has 1 aromatic rings. The van der Waals surface area contributed by atoms with E-state index in [1.165, 1.54) is 30.4 Å². The molecule has 0 spiro atoms. The van der Waals surface area contributed by atoms with Crippen LogP contribution >= 0.6 is 0 Å². The van der Waals surface area contributed by atoms with Crippen molar-refractivity contribution in [2.24, 2.45) is 5.73 Å². The molecule has 1 saturated heterocycles. The Balaban J connectivity index is 2.20. The molecule has 0 radical (unpaired) electrons. The Kier molecular flexibility index (Phi) is 4.83. The molecule has 106 valence electrons. The Morgan fingerprint density at radius 1 is 1.26 bits per heavy atom. The van der Waals surface area contributed by atoms with Crippen LogP contribution in [0.3, 0.4) is 0 Å². The number of nitrogens with two attached hydrogens (primary N) is 1. The lowest BCUT2D eigenvalue weighted by Gasteiger charge is -2.39. The highest BCUT2D eigenvalue weighted by Crippen LogP contribution is 2.28. The molecule has 3 heteroatoms. The normalized spacial score (nSPS) is 24.4. The summed E-state index contributed by atoms with van der Waals surface area (Å²) in [5, 5.41) is 0. The van der Waals surface area contributed by atoms with Crippen molar-refractivity contribution < 1.29 is 4.74 Å². The third-order valence-corrected chi connectivity index (χ3v) is 4.31. The average molecular weight is 262 g/mol. The van der Waals surface area contributed by atoms with Crippen LogP contribution in [-0.4, -0.2) is 24.1 Å². The van der Waals surface area contributed by atoms with Gasteiger partial charge in [-0.2, -0.15) is 0 Å². The number of methoxy groups -OCH3 is 1. The van der Waals surface area contributed by atoms with Gasteiger partial charge in [-0.3, -0.25) is 4.90 Å². The molecule has 1 aliphatic rings. The second-order valence-corrected chi connectivity index (χ2v) is 5.65. The van der Waals surface area contributed by atoms with Gasteiger partial charge >= 0.3 is 0 Å². The Bertz CT molecular complexity index is 409. The summed E-state index contributed by atoms with van der Waals surface area (Å²) in [7, 11) is 1.74. The molecule has 1 aliphatic heterocycles. The first-order valence-electron chi connectivity index (χ1n) is 7.27. The fourth-order valence-corrected chi connectivity index (χ4v) is 3.07. The van der Waals surface area contributed by atoms with Crippen molar-refractivity contribution in [1.82, 2.24) is 4.90 Å². The maximum absolute atomic E-state index is 5.74. The number of hydrogen-bond donors (Lipinski definition) is 1. The van der Waals surface area contributed by atoms with E-state index in [9.17, 15) is 0 Å². The maximum atomic E-state index is 5.74.